The van der Waals surface area contributed by atoms with Crippen LogP contribution in [0, 0.1) is 6.92 Å². The highest BCUT2D eigenvalue weighted by Crippen LogP contribution is 2.10. The van der Waals surface area contributed by atoms with E-state index in [1.165, 1.54) is 0 Å². The van der Waals surface area contributed by atoms with Gasteiger partial charge in [0.2, 0.25) is 0 Å². The highest BCUT2D eigenvalue weighted by Gasteiger charge is 2.06. The van der Waals surface area contributed by atoms with Crippen LogP contribution in [0.1, 0.15) is 36.3 Å². The first-order chi connectivity index (χ1) is 10.2. The number of rotatable bonds is 8. The zero-order valence-electron chi connectivity index (χ0n) is 13.2. The van der Waals surface area contributed by atoms with E-state index >= 15 is 0 Å². The Balaban J connectivity index is 1.88. The van der Waals surface area contributed by atoms with Gasteiger partial charge in [0.1, 0.15) is 11.5 Å². The minimum Gasteiger partial charge on any atom is -0.465 e. The summed E-state index contributed by atoms with van der Waals surface area (Å²) in [4.78, 5) is 6.91. The molecule has 0 saturated carbocycles. The molecule has 0 saturated heterocycles. The first-order valence-corrected chi connectivity index (χ1v) is 7.56. The fraction of sp³-hybridized carbons (Fsp3) is 0.471. The second-order valence-corrected chi connectivity index (χ2v) is 5.48. The molecule has 114 valence electrons. The Hall–Kier alpha value is -1.65. The summed E-state index contributed by atoms with van der Waals surface area (Å²) in [5.41, 5.74) is 2.19. The van der Waals surface area contributed by atoms with E-state index in [1.807, 2.05) is 19.1 Å². The predicted molar refractivity (Wildman–Crippen MR) is 84.9 cm³/mol. The van der Waals surface area contributed by atoms with Gasteiger partial charge in [0, 0.05) is 13.1 Å². The van der Waals surface area contributed by atoms with E-state index in [1.54, 1.807) is 0 Å². The van der Waals surface area contributed by atoms with Crippen molar-refractivity contribution in [2.24, 2.45) is 0 Å². The highest BCUT2D eigenvalue weighted by atomic mass is 16.3. The summed E-state index contributed by atoms with van der Waals surface area (Å²) in [5, 5.41) is 3.38. The SMILES string of the molecule is CCCNCc1cccc(CN(C)Cc2ccc(C)o2)n1. The van der Waals surface area contributed by atoms with Crippen LogP contribution in [0.2, 0.25) is 0 Å². The normalized spacial score (nSPS) is 11.2. The van der Waals surface area contributed by atoms with E-state index < -0.39 is 0 Å². The molecule has 4 heteroatoms. The zero-order valence-corrected chi connectivity index (χ0v) is 13.2. The molecular formula is C17H25N3O. The molecule has 0 unspecified atom stereocenters. The molecule has 0 aromatic carbocycles. The van der Waals surface area contributed by atoms with Crippen molar-refractivity contribution >= 4 is 0 Å². The van der Waals surface area contributed by atoms with E-state index in [0.717, 1.165) is 55.5 Å². The molecule has 0 atom stereocenters. The number of aromatic nitrogens is 1. The minimum atomic E-state index is 0.799. The second kappa shape index (κ2) is 7.96. The largest absolute Gasteiger partial charge is 0.465 e. The predicted octanol–water partition coefficient (Wildman–Crippen LogP) is 3.11. The van der Waals surface area contributed by atoms with E-state index in [2.05, 4.69) is 42.4 Å². The summed E-state index contributed by atoms with van der Waals surface area (Å²) >= 11 is 0. The number of nitrogens with one attached hydrogen (secondary N) is 1. The zero-order chi connectivity index (χ0) is 15.1. The van der Waals surface area contributed by atoms with Crippen LogP contribution in [0.25, 0.3) is 0 Å². The first kappa shape index (κ1) is 15.7. The number of nitrogens with zero attached hydrogens (tertiary/aromatic N) is 2. The lowest BCUT2D eigenvalue weighted by Gasteiger charge is -2.15. The molecule has 0 aliphatic rings. The molecule has 2 heterocycles. The third-order valence-corrected chi connectivity index (χ3v) is 3.25. The van der Waals surface area contributed by atoms with Gasteiger partial charge in [-0.1, -0.05) is 13.0 Å². The van der Waals surface area contributed by atoms with Crippen molar-refractivity contribution in [2.75, 3.05) is 13.6 Å². The van der Waals surface area contributed by atoms with E-state index in [9.17, 15) is 0 Å². The van der Waals surface area contributed by atoms with E-state index in [4.69, 9.17) is 9.40 Å². The van der Waals surface area contributed by atoms with Gasteiger partial charge in [-0.2, -0.15) is 0 Å². The Morgan fingerprint density at radius 1 is 1.14 bits per heavy atom. The molecule has 0 fully saturated rings. The topological polar surface area (TPSA) is 41.3 Å². The van der Waals surface area contributed by atoms with Crippen LogP contribution in [-0.4, -0.2) is 23.5 Å². The fourth-order valence-corrected chi connectivity index (χ4v) is 2.28. The molecule has 0 amide bonds. The Morgan fingerprint density at radius 2 is 1.95 bits per heavy atom. The van der Waals surface area contributed by atoms with Crippen LogP contribution in [-0.2, 0) is 19.6 Å². The maximum atomic E-state index is 5.61. The molecule has 1 N–H and O–H groups in total. The number of aryl methyl sites for hydroxylation is 1. The second-order valence-electron chi connectivity index (χ2n) is 5.48. The smallest absolute Gasteiger partial charge is 0.118 e. The molecule has 0 bridgehead atoms. The number of hydrogen-bond donors (Lipinski definition) is 1. The van der Waals surface area contributed by atoms with Gasteiger partial charge >= 0.3 is 0 Å². The molecule has 4 nitrogen and oxygen atoms in total. The van der Waals surface area contributed by atoms with E-state index in [-0.39, 0.29) is 0 Å². The number of pyridine rings is 1. The van der Waals surface area contributed by atoms with E-state index in [0.29, 0.717) is 0 Å². The molecular weight excluding hydrogens is 262 g/mol. The highest BCUT2D eigenvalue weighted by molar-refractivity contribution is 5.11. The summed E-state index contributed by atoms with van der Waals surface area (Å²) in [6.07, 6.45) is 1.14. The average molecular weight is 287 g/mol. The standard InChI is InChI=1S/C17H25N3O/c1-4-10-18-11-15-6-5-7-16(19-15)12-20(3)13-17-9-8-14(2)21-17/h5-9,18H,4,10-13H2,1-3H3. The Morgan fingerprint density at radius 3 is 2.67 bits per heavy atom. The van der Waals surface area contributed by atoms with Gasteiger partial charge in [0.05, 0.1) is 17.9 Å². The van der Waals surface area contributed by atoms with Gasteiger partial charge in [0.25, 0.3) is 0 Å². The van der Waals surface area contributed by atoms with Crippen molar-refractivity contribution in [1.82, 2.24) is 15.2 Å². The Labute approximate surface area is 127 Å². The van der Waals surface area contributed by atoms with Crippen molar-refractivity contribution in [3.05, 3.63) is 53.2 Å². The molecule has 2 aromatic rings. The van der Waals surface area contributed by atoms with Crippen LogP contribution >= 0.6 is 0 Å². The molecule has 0 aliphatic carbocycles. The van der Waals surface area contributed by atoms with Crippen LogP contribution in [0.3, 0.4) is 0 Å². The molecule has 0 aliphatic heterocycles. The third-order valence-electron chi connectivity index (χ3n) is 3.25. The van der Waals surface area contributed by atoms with Crippen LogP contribution in [0.4, 0.5) is 0 Å². The molecule has 21 heavy (non-hydrogen) atoms. The third kappa shape index (κ3) is 5.33. The van der Waals surface area contributed by atoms with Crippen LogP contribution in [0.15, 0.2) is 34.7 Å². The fourth-order valence-electron chi connectivity index (χ4n) is 2.28. The quantitative estimate of drug-likeness (QED) is 0.757. The summed E-state index contributed by atoms with van der Waals surface area (Å²) in [6.45, 7) is 7.63. The van der Waals surface area contributed by atoms with Crippen molar-refractivity contribution < 1.29 is 4.42 Å². The van der Waals surface area contributed by atoms with Crippen molar-refractivity contribution in [3.8, 4) is 0 Å². The van der Waals surface area contributed by atoms with Crippen molar-refractivity contribution in [1.29, 1.82) is 0 Å². The number of hydrogen-bond acceptors (Lipinski definition) is 4. The van der Waals surface area contributed by atoms with Crippen LogP contribution in [0.5, 0.6) is 0 Å². The first-order valence-electron chi connectivity index (χ1n) is 7.56. The van der Waals surface area contributed by atoms with Gasteiger partial charge in [-0.3, -0.25) is 9.88 Å². The number of furan rings is 1. The summed E-state index contributed by atoms with van der Waals surface area (Å²) in [6, 6.07) is 10.3. The molecule has 0 spiro atoms. The monoisotopic (exact) mass is 287 g/mol. The lowest BCUT2D eigenvalue weighted by atomic mass is 10.2. The molecule has 2 aromatic heterocycles. The van der Waals surface area contributed by atoms with Gasteiger partial charge in [-0.15, -0.1) is 0 Å². The van der Waals surface area contributed by atoms with Gasteiger partial charge in [-0.05, 0) is 51.2 Å². The summed E-state index contributed by atoms with van der Waals surface area (Å²) < 4.78 is 5.61. The Bertz CT molecular complexity index is 550. The molecule has 0 radical (unpaired) electrons. The maximum absolute atomic E-state index is 5.61. The maximum Gasteiger partial charge on any atom is 0.118 e. The summed E-state index contributed by atoms with van der Waals surface area (Å²) in [5.74, 6) is 1.95. The van der Waals surface area contributed by atoms with Crippen LogP contribution < -0.4 is 5.32 Å². The Kier molecular flexibility index (Phi) is 5.96. The van der Waals surface area contributed by atoms with Crippen molar-refractivity contribution in [3.63, 3.8) is 0 Å². The lowest BCUT2D eigenvalue weighted by Crippen LogP contribution is -2.19. The lowest BCUT2D eigenvalue weighted by molar-refractivity contribution is 0.282. The molecule has 2 rings (SSSR count). The van der Waals surface area contributed by atoms with Gasteiger partial charge in [0.15, 0.2) is 0 Å². The van der Waals surface area contributed by atoms with Gasteiger partial charge in [-0.25, -0.2) is 0 Å². The van der Waals surface area contributed by atoms with Gasteiger partial charge < -0.3 is 9.73 Å². The average Bonchev–Trinajstić information content (AvgIpc) is 2.84. The van der Waals surface area contributed by atoms with Crippen molar-refractivity contribution in [2.45, 2.75) is 39.9 Å². The summed E-state index contributed by atoms with van der Waals surface area (Å²) in [7, 11) is 2.08. The minimum absolute atomic E-state index is 0.799.